The minimum Gasteiger partial charge on any atom is -0.458 e. The summed E-state index contributed by atoms with van der Waals surface area (Å²) in [6, 6.07) is 6.72. The van der Waals surface area contributed by atoms with Crippen molar-refractivity contribution in [2.24, 2.45) is 22.7 Å². The average Bonchev–Trinajstić information content (AvgIpc) is 3.57. The Labute approximate surface area is 299 Å². The number of epoxide rings is 1. The number of esters is 1. The molecule has 0 spiro atoms. The largest absolute Gasteiger partial charge is 0.458 e. The molecule has 3 saturated carbocycles. The Morgan fingerprint density at radius 2 is 1.86 bits per heavy atom. The Hall–Kier alpha value is -2.87. The third kappa shape index (κ3) is 5.42. The topological polar surface area (TPSA) is 139 Å². The Kier molecular flexibility index (Phi) is 8.21. The number of allylic oxidation sites excluding steroid dienone is 1. The van der Waals surface area contributed by atoms with Crippen LogP contribution in [-0.2, 0) is 44.7 Å². The lowest BCUT2D eigenvalue weighted by molar-refractivity contribution is -0.204. The second-order valence-corrected chi connectivity index (χ2v) is 17.1. The molecule has 11 atom stereocenters. The maximum atomic E-state index is 14.8. The zero-order chi connectivity index (χ0) is 35.3. The number of likely N-dealkylation sites (tertiary alicyclic amines) is 1. The van der Waals surface area contributed by atoms with Crippen LogP contribution < -0.4 is 5.32 Å². The standard InChI is InChI=1S/C39H51N3O9/c1-37(2)18-25-24(10-11-29-38(3,50-29)13-12-26(25)37)17-22-6-8-23(9-7-22)20-42-32-35(45)49-28-19-39(32,33(51-42)31-30(28)47-21-48-31)36(46)41-15-4-5-27(41)34(44)40-14-16-43/h6-9,17,25-33,43H,4-5,10-16,18-21H2,1-3H3,(H,40,44)/t25-,26-,27-,28+,29?,30+,31+,32+,33-,38-,39+/m1/s1. The molecule has 5 aliphatic heterocycles. The molecule has 8 aliphatic rings. The van der Waals surface area contributed by atoms with Crippen LogP contribution in [-0.4, -0.2) is 108 Å². The molecule has 1 aromatic carbocycles. The number of rotatable bonds is 7. The number of benzene rings is 1. The molecule has 12 nitrogen and oxygen atoms in total. The molecule has 0 radical (unpaired) electrons. The second-order valence-electron chi connectivity index (χ2n) is 17.1. The summed E-state index contributed by atoms with van der Waals surface area (Å²) in [5.41, 5.74) is 2.72. The Morgan fingerprint density at radius 3 is 2.65 bits per heavy atom. The number of aliphatic hydroxyl groups is 1. The zero-order valence-electron chi connectivity index (χ0n) is 29.9. The quantitative estimate of drug-likeness (QED) is 0.322. The van der Waals surface area contributed by atoms with E-state index >= 15 is 0 Å². The highest BCUT2D eigenvalue weighted by atomic mass is 16.8. The summed E-state index contributed by atoms with van der Waals surface area (Å²) < 4.78 is 24.0. The molecule has 2 N–H and O–H groups in total. The molecule has 0 aromatic heterocycles. The maximum absolute atomic E-state index is 14.8. The van der Waals surface area contributed by atoms with E-state index in [1.54, 1.807) is 9.96 Å². The number of hydrogen-bond acceptors (Lipinski definition) is 10. The lowest BCUT2D eigenvalue weighted by atomic mass is 9.52. The molecule has 1 unspecified atom stereocenters. The first-order valence-electron chi connectivity index (χ1n) is 19.1. The van der Waals surface area contributed by atoms with Crippen molar-refractivity contribution in [3.8, 4) is 0 Å². The van der Waals surface area contributed by atoms with E-state index in [0.717, 1.165) is 30.4 Å². The van der Waals surface area contributed by atoms with Gasteiger partial charge in [0.2, 0.25) is 11.8 Å². The van der Waals surface area contributed by atoms with E-state index in [1.807, 2.05) is 0 Å². The van der Waals surface area contributed by atoms with Crippen molar-refractivity contribution in [1.82, 2.24) is 15.3 Å². The van der Waals surface area contributed by atoms with Gasteiger partial charge >= 0.3 is 5.97 Å². The molecular formula is C39H51N3O9. The van der Waals surface area contributed by atoms with Crippen molar-refractivity contribution >= 4 is 23.9 Å². The van der Waals surface area contributed by atoms with Gasteiger partial charge in [-0.2, -0.15) is 5.06 Å². The van der Waals surface area contributed by atoms with Crippen LogP contribution in [0.15, 0.2) is 29.8 Å². The molecule has 1 aromatic rings. The minimum absolute atomic E-state index is 0.0250. The van der Waals surface area contributed by atoms with Crippen LogP contribution in [0, 0.1) is 22.7 Å². The lowest BCUT2D eigenvalue weighted by Crippen LogP contribution is -2.70. The summed E-state index contributed by atoms with van der Waals surface area (Å²) in [6.07, 6.45) is 7.27. The Bertz CT molecular complexity index is 1610. The first-order valence-corrected chi connectivity index (χ1v) is 19.1. The van der Waals surface area contributed by atoms with Gasteiger partial charge in [-0.05, 0) is 80.2 Å². The molecule has 5 heterocycles. The molecule has 51 heavy (non-hydrogen) atoms. The molecule has 5 saturated heterocycles. The van der Waals surface area contributed by atoms with Crippen LogP contribution in [0.4, 0.5) is 0 Å². The number of nitrogens with one attached hydrogen (secondary N) is 1. The van der Waals surface area contributed by atoms with Gasteiger partial charge < -0.3 is 34.3 Å². The first kappa shape index (κ1) is 33.9. The van der Waals surface area contributed by atoms with Crippen LogP contribution in [0.1, 0.15) is 83.3 Å². The summed E-state index contributed by atoms with van der Waals surface area (Å²) in [7, 11) is 0. The summed E-state index contributed by atoms with van der Waals surface area (Å²) in [4.78, 5) is 50.0. The number of fused-ring (bicyclic) bond motifs is 6. The SMILES string of the molecule is CC1(C)C[C@@H]2C(=Cc3ccc(CN4O[C@@H]5[C@H]6OCO[C@H]6[C@@H]6C[C@]5(C(=O)N5CCC[C@@H]5C(=O)NCCO)[C@@H]4C(=O)O6)cc3)CCC3O[C@]3(C)CC[C@H]21. The highest BCUT2D eigenvalue weighted by Gasteiger charge is 2.75. The predicted octanol–water partition coefficient (Wildman–Crippen LogP) is 3.10. The minimum atomic E-state index is -1.30. The van der Waals surface area contributed by atoms with Crippen molar-refractivity contribution in [3.63, 3.8) is 0 Å². The van der Waals surface area contributed by atoms with Crippen molar-refractivity contribution in [1.29, 1.82) is 0 Å². The smallest absolute Gasteiger partial charge is 0.327 e. The molecule has 9 rings (SSSR count). The average molecular weight is 706 g/mol. The van der Waals surface area contributed by atoms with E-state index in [9.17, 15) is 19.5 Å². The van der Waals surface area contributed by atoms with Crippen molar-refractivity contribution in [2.45, 2.75) is 127 Å². The van der Waals surface area contributed by atoms with Gasteiger partial charge in [0.1, 0.15) is 42.7 Å². The number of amides is 2. The van der Waals surface area contributed by atoms with Crippen LogP contribution in [0.25, 0.3) is 6.08 Å². The number of hydroxylamine groups is 2. The van der Waals surface area contributed by atoms with Gasteiger partial charge in [0, 0.05) is 19.5 Å². The summed E-state index contributed by atoms with van der Waals surface area (Å²) in [5, 5.41) is 13.6. The number of carbonyl (C=O) groups excluding carboxylic acids is 3. The Balaban J connectivity index is 0.975. The van der Waals surface area contributed by atoms with Gasteiger partial charge in [0.15, 0.2) is 6.04 Å². The molecule has 3 aliphatic carbocycles. The molecular weight excluding hydrogens is 654 g/mol. The van der Waals surface area contributed by atoms with E-state index in [-0.39, 0.29) is 50.3 Å². The second kappa shape index (κ2) is 12.3. The fraction of sp³-hybridized carbons (Fsp3) is 0.718. The number of aliphatic hydroxyl groups excluding tert-OH is 1. The maximum Gasteiger partial charge on any atom is 0.327 e. The van der Waals surface area contributed by atoms with Crippen molar-refractivity contribution in [2.75, 3.05) is 26.5 Å². The molecule has 2 bridgehead atoms. The fourth-order valence-electron chi connectivity index (χ4n) is 11.0. The lowest BCUT2D eigenvalue weighted by Gasteiger charge is -2.53. The van der Waals surface area contributed by atoms with Crippen LogP contribution in [0.3, 0.4) is 0 Å². The van der Waals surface area contributed by atoms with Crippen LogP contribution in [0.2, 0.25) is 0 Å². The first-order chi connectivity index (χ1) is 24.5. The molecule has 8 fully saturated rings. The van der Waals surface area contributed by atoms with Crippen LogP contribution >= 0.6 is 0 Å². The monoisotopic (exact) mass is 705 g/mol. The van der Waals surface area contributed by atoms with E-state index in [2.05, 4.69) is 56.4 Å². The highest BCUT2D eigenvalue weighted by molar-refractivity contribution is 5.96. The van der Waals surface area contributed by atoms with Gasteiger partial charge in [0.05, 0.1) is 24.9 Å². The van der Waals surface area contributed by atoms with E-state index in [4.69, 9.17) is 23.8 Å². The van der Waals surface area contributed by atoms with Crippen molar-refractivity contribution < 1.29 is 43.3 Å². The third-order valence-electron chi connectivity index (χ3n) is 13.8. The number of carbonyl (C=O) groups is 3. The summed E-state index contributed by atoms with van der Waals surface area (Å²) >= 11 is 0. The van der Waals surface area contributed by atoms with Crippen molar-refractivity contribution in [3.05, 3.63) is 41.0 Å². The normalized spacial score (nSPS) is 42.8. The van der Waals surface area contributed by atoms with E-state index in [1.165, 1.54) is 18.4 Å². The zero-order valence-corrected chi connectivity index (χ0v) is 29.9. The van der Waals surface area contributed by atoms with E-state index in [0.29, 0.717) is 42.7 Å². The predicted molar refractivity (Wildman–Crippen MR) is 182 cm³/mol. The third-order valence-corrected chi connectivity index (χ3v) is 13.8. The fourth-order valence-corrected chi connectivity index (χ4v) is 11.0. The van der Waals surface area contributed by atoms with Gasteiger partial charge in [-0.3, -0.25) is 19.2 Å². The van der Waals surface area contributed by atoms with Gasteiger partial charge in [-0.1, -0.05) is 49.8 Å². The summed E-state index contributed by atoms with van der Waals surface area (Å²) in [5.74, 6) is 0.165. The number of hydrogen-bond donors (Lipinski definition) is 2. The van der Waals surface area contributed by atoms with Gasteiger partial charge in [-0.25, -0.2) is 0 Å². The van der Waals surface area contributed by atoms with E-state index < -0.39 is 47.9 Å². The molecule has 2 amide bonds. The number of nitrogens with zero attached hydrogens (tertiary/aromatic N) is 2. The highest BCUT2D eigenvalue weighted by Crippen LogP contribution is 2.60. The Morgan fingerprint density at radius 1 is 1.06 bits per heavy atom. The number of ether oxygens (including phenoxy) is 4. The summed E-state index contributed by atoms with van der Waals surface area (Å²) in [6.45, 7) is 7.71. The van der Waals surface area contributed by atoms with Gasteiger partial charge in [0.25, 0.3) is 0 Å². The molecule has 276 valence electrons. The van der Waals surface area contributed by atoms with Crippen LogP contribution in [0.5, 0.6) is 0 Å². The molecule has 12 heteroatoms. The van der Waals surface area contributed by atoms with Gasteiger partial charge in [-0.15, -0.1) is 0 Å².